The van der Waals surface area contributed by atoms with E-state index in [1.54, 1.807) is 55.4 Å². The average Bonchev–Trinajstić information content (AvgIpc) is 2.85. The van der Waals surface area contributed by atoms with E-state index in [0.29, 0.717) is 22.0 Å². The lowest BCUT2D eigenvalue weighted by Crippen LogP contribution is -2.49. The maximum atomic E-state index is 13.4. The summed E-state index contributed by atoms with van der Waals surface area (Å²) in [4.78, 5) is 30.0. The molecule has 0 aliphatic heterocycles. The van der Waals surface area contributed by atoms with Crippen molar-refractivity contribution >= 4 is 39.2 Å². The summed E-state index contributed by atoms with van der Waals surface area (Å²) in [7, 11) is 3.30. The maximum Gasteiger partial charge on any atom is 0.433 e. The van der Waals surface area contributed by atoms with Gasteiger partial charge in [-0.3, -0.25) is 4.79 Å². The number of pyridine rings is 1. The normalized spacial score (nSPS) is 12.0. The standard InChI is InChI=1S/C28H26F3N3O4/c1-27(2,26(36)37)33-25(35)19-11-10-17-7-5-6-8-18(17)24(19)38-15-16-9-12-21-20(13-16)22(34(3)4)14-23(32-21)28(29,30)31/h5-14H,15H2,1-4H3,(H,33,35)(H,36,37). The predicted molar refractivity (Wildman–Crippen MR) is 139 cm³/mol. The zero-order valence-electron chi connectivity index (χ0n) is 21.2. The first-order valence-electron chi connectivity index (χ1n) is 11.7. The van der Waals surface area contributed by atoms with E-state index < -0.39 is 29.3 Å². The van der Waals surface area contributed by atoms with Gasteiger partial charge in [-0.25, -0.2) is 9.78 Å². The van der Waals surface area contributed by atoms with Crippen LogP contribution < -0.4 is 15.0 Å². The quantitative estimate of drug-likeness (QED) is 0.324. The smallest absolute Gasteiger partial charge is 0.433 e. The molecule has 4 aromatic rings. The van der Waals surface area contributed by atoms with Crippen molar-refractivity contribution in [3.05, 3.63) is 77.5 Å². The van der Waals surface area contributed by atoms with Gasteiger partial charge in [-0.2, -0.15) is 13.2 Å². The molecule has 0 aliphatic carbocycles. The topological polar surface area (TPSA) is 91.8 Å². The SMILES string of the molecule is CN(C)c1cc(C(F)(F)F)nc2ccc(COc3c(C(=O)NC(C)(C)C(=O)O)ccc4ccccc34)cc12. The summed E-state index contributed by atoms with van der Waals surface area (Å²) in [6.07, 6.45) is -4.58. The summed E-state index contributed by atoms with van der Waals surface area (Å²) in [6, 6.07) is 16.4. The molecule has 7 nitrogen and oxygen atoms in total. The van der Waals surface area contributed by atoms with Gasteiger partial charge in [0.25, 0.3) is 5.91 Å². The van der Waals surface area contributed by atoms with Gasteiger partial charge >= 0.3 is 12.1 Å². The molecule has 1 aromatic heterocycles. The van der Waals surface area contributed by atoms with E-state index in [-0.39, 0.29) is 23.4 Å². The molecule has 0 aliphatic rings. The highest BCUT2D eigenvalue weighted by Crippen LogP contribution is 2.35. The highest BCUT2D eigenvalue weighted by Gasteiger charge is 2.34. The van der Waals surface area contributed by atoms with Gasteiger partial charge in [0.2, 0.25) is 0 Å². The van der Waals surface area contributed by atoms with Gasteiger partial charge in [0.1, 0.15) is 23.6 Å². The lowest BCUT2D eigenvalue weighted by Gasteiger charge is -2.22. The number of hydrogen-bond donors (Lipinski definition) is 2. The first-order chi connectivity index (χ1) is 17.8. The summed E-state index contributed by atoms with van der Waals surface area (Å²) < 4.78 is 46.2. The number of fused-ring (bicyclic) bond motifs is 2. The van der Waals surface area contributed by atoms with Crippen LogP contribution in [0, 0.1) is 0 Å². The van der Waals surface area contributed by atoms with Crippen LogP contribution >= 0.6 is 0 Å². The number of rotatable bonds is 7. The number of benzene rings is 3. The third kappa shape index (κ3) is 5.34. The molecule has 3 aromatic carbocycles. The van der Waals surface area contributed by atoms with E-state index in [1.807, 2.05) is 12.1 Å². The highest BCUT2D eigenvalue weighted by molar-refractivity contribution is 6.05. The third-order valence-corrected chi connectivity index (χ3v) is 6.09. The van der Waals surface area contributed by atoms with Crippen LogP contribution in [0.3, 0.4) is 0 Å². The van der Waals surface area contributed by atoms with E-state index >= 15 is 0 Å². The van der Waals surface area contributed by atoms with Crippen molar-refractivity contribution in [2.45, 2.75) is 32.2 Å². The number of ether oxygens (including phenoxy) is 1. The van der Waals surface area contributed by atoms with Crippen molar-refractivity contribution in [1.82, 2.24) is 10.3 Å². The molecule has 1 heterocycles. The maximum absolute atomic E-state index is 13.4. The molecule has 0 saturated carbocycles. The van der Waals surface area contributed by atoms with Gasteiger partial charge in [-0.05, 0) is 49.1 Å². The van der Waals surface area contributed by atoms with Gasteiger partial charge in [-0.15, -0.1) is 0 Å². The van der Waals surface area contributed by atoms with Crippen molar-refractivity contribution in [1.29, 1.82) is 0 Å². The Morgan fingerprint density at radius 1 is 1.00 bits per heavy atom. The molecule has 2 N–H and O–H groups in total. The number of nitrogens with zero attached hydrogens (tertiary/aromatic N) is 2. The molecule has 0 unspecified atom stereocenters. The van der Waals surface area contributed by atoms with Crippen LogP contribution in [-0.2, 0) is 17.6 Å². The summed E-state index contributed by atoms with van der Waals surface area (Å²) >= 11 is 0. The molecule has 1 amide bonds. The van der Waals surface area contributed by atoms with E-state index in [1.165, 1.54) is 19.9 Å². The molecular formula is C28H26F3N3O4. The van der Waals surface area contributed by atoms with Crippen LogP contribution in [-0.4, -0.2) is 41.6 Å². The summed E-state index contributed by atoms with van der Waals surface area (Å²) in [5, 5.41) is 13.9. The van der Waals surface area contributed by atoms with Gasteiger partial charge in [0.05, 0.1) is 11.1 Å². The molecule has 10 heteroatoms. The number of amides is 1. The lowest BCUT2D eigenvalue weighted by atomic mass is 10.0. The fraction of sp³-hybridized carbons (Fsp3) is 0.250. The van der Waals surface area contributed by atoms with Gasteiger partial charge in [0.15, 0.2) is 0 Å². The molecule has 4 rings (SSSR count). The van der Waals surface area contributed by atoms with Crippen molar-refractivity contribution < 1.29 is 32.6 Å². The predicted octanol–water partition coefficient (Wildman–Crippen LogP) is 5.64. The van der Waals surface area contributed by atoms with E-state index in [9.17, 15) is 27.9 Å². The number of hydrogen-bond acceptors (Lipinski definition) is 5. The van der Waals surface area contributed by atoms with E-state index in [2.05, 4.69) is 10.3 Å². The van der Waals surface area contributed by atoms with E-state index in [0.717, 1.165) is 11.5 Å². The summed E-state index contributed by atoms with van der Waals surface area (Å²) in [5.41, 5.74) is -1.15. The zero-order valence-corrected chi connectivity index (χ0v) is 21.2. The van der Waals surface area contributed by atoms with Crippen LogP contribution in [0.5, 0.6) is 5.75 Å². The molecule has 0 saturated heterocycles. The van der Waals surface area contributed by atoms with Crippen LogP contribution in [0.25, 0.3) is 21.7 Å². The second-order valence-electron chi connectivity index (χ2n) is 9.61. The lowest BCUT2D eigenvalue weighted by molar-refractivity contribution is -0.143. The van der Waals surface area contributed by atoms with Crippen molar-refractivity contribution in [2.24, 2.45) is 0 Å². The number of carbonyl (C=O) groups is 2. The second-order valence-corrected chi connectivity index (χ2v) is 9.61. The minimum atomic E-state index is -4.58. The average molecular weight is 526 g/mol. The number of nitrogens with one attached hydrogen (secondary N) is 1. The van der Waals surface area contributed by atoms with Gasteiger partial charge in [-0.1, -0.05) is 36.4 Å². The Hall–Kier alpha value is -4.34. The first-order valence-corrected chi connectivity index (χ1v) is 11.7. The highest BCUT2D eigenvalue weighted by atomic mass is 19.4. The Morgan fingerprint density at radius 3 is 2.37 bits per heavy atom. The molecular weight excluding hydrogens is 499 g/mol. The van der Waals surface area contributed by atoms with Crippen LogP contribution in [0.1, 0.15) is 35.5 Å². The Labute approximate surface area is 216 Å². The minimum Gasteiger partial charge on any atom is -0.487 e. The summed E-state index contributed by atoms with van der Waals surface area (Å²) in [6.45, 7) is 2.76. The number of carboxylic acid groups (broad SMARTS) is 1. The van der Waals surface area contributed by atoms with Crippen molar-refractivity contribution in [3.8, 4) is 5.75 Å². The Bertz CT molecular complexity index is 1550. The van der Waals surface area contributed by atoms with Crippen LogP contribution in [0.4, 0.5) is 18.9 Å². The van der Waals surface area contributed by atoms with Crippen LogP contribution in [0.2, 0.25) is 0 Å². The molecule has 0 fully saturated rings. The monoisotopic (exact) mass is 525 g/mol. The molecule has 0 radical (unpaired) electrons. The third-order valence-electron chi connectivity index (χ3n) is 6.09. The van der Waals surface area contributed by atoms with Crippen molar-refractivity contribution in [2.75, 3.05) is 19.0 Å². The van der Waals surface area contributed by atoms with Crippen LogP contribution in [0.15, 0.2) is 60.7 Å². The number of carboxylic acids is 1. The molecule has 0 bridgehead atoms. The number of anilines is 1. The Balaban J connectivity index is 1.73. The largest absolute Gasteiger partial charge is 0.487 e. The first kappa shape index (κ1) is 26.7. The van der Waals surface area contributed by atoms with Gasteiger partial charge < -0.3 is 20.1 Å². The number of halogens is 3. The fourth-order valence-electron chi connectivity index (χ4n) is 4.00. The number of carbonyl (C=O) groups excluding carboxylic acids is 1. The molecule has 198 valence electrons. The van der Waals surface area contributed by atoms with Crippen molar-refractivity contribution in [3.63, 3.8) is 0 Å². The summed E-state index contributed by atoms with van der Waals surface area (Å²) in [5.74, 6) is -1.54. The molecule has 0 spiro atoms. The number of aromatic nitrogens is 1. The fourth-order valence-corrected chi connectivity index (χ4v) is 4.00. The van der Waals surface area contributed by atoms with E-state index in [4.69, 9.17) is 4.74 Å². The number of aliphatic carboxylic acids is 1. The molecule has 38 heavy (non-hydrogen) atoms. The number of alkyl halides is 3. The Morgan fingerprint density at radius 2 is 1.71 bits per heavy atom. The second kappa shape index (κ2) is 9.85. The zero-order chi connectivity index (χ0) is 27.8. The minimum absolute atomic E-state index is 0.000438. The molecule has 0 atom stereocenters. The Kier molecular flexibility index (Phi) is 6.92. The van der Waals surface area contributed by atoms with Gasteiger partial charge in [0, 0.05) is 30.6 Å².